The van der Waals surface area contributed by atoms with E-state index in [0.29, 0.717) is 0 Å². The van der Waals surface area contributed by atoms with Crippen LogP contribution in [0.2, 0.25) is 0 Å². The largest absolute Gasteiger partial charge is 0.455 e. The van der Waals surface area contributed by atoms with Gasteiger partial charge in [0, 0.05) is 23.7 Å². The molecule has 0 radical (unpaired) electrons. The summed E-state index contributed by atoms with van der Waals surface area (Å²) in [6.07, 6.45) is -6.03. The Balaban J connectivity index is 3.27. The summed E-state index contributed by atoms with van der Waals surface area (Å²) in [7, 11) is 0. The van der Waals surface area contributed by atoms with Crippen LogP contribution in [0.5, 0.6) is 0 Å². The molecule has 0 aromatic carbocycles. The molecule has 0 aromatic rings. The highest BCUT2D eigenvalue weighted by atomic mass is 19.3. The quantitative estimate of drug-likeness (QED) is 0.324. The normalized spacial score (nSPS) is 28.7. The molecule has 23 heavy (non-hydrogen) atoms. The van der Waals surface area contributed by atoms with Crippen LogP contribution in [-0.2, 0) is 23.8 Å². The van der Waals surface area contributed by atoms with Crippen LogP contribution in [0, 0.1) is 0 Å². The molecule has 1 saturated heterocycles. The predicted molar refractivity (Wildman–Crippen MR) is 67.9 cm³/mol. The molecule has 0 aromatic heterocycles. The highest BCUT2D eigenvalue weighted by Gasteiger charge is 2.60. The van der Waals surface area contributed by atoms with E-state index in [4.69, 9.17) is 15.8 Å². The molecule has 0 N–H and O–H groups in total. The third-order valence-electron chi connectivity index (χ3n) is 2.77. The van der Waals surface area contributed by atoms with Gasteiger partial charge in [-0.05, 0) is 11.1 Å². The maximum atomic E-state index is 14.4. The lowest BCUT2D eigenvalue weighted by molar-refractivity contribution is -0.301. The molecule has 0 bridgehead atoms. The van der Waals surface area contributed by atoms with Crippen molar-refractivity contribution < 1.29 is 32.6 Å². The first-order valence-electron chi connectivity index (χ1n) is 6.16. The summed E-state index contributed by atoms with van der Waals surface area (Å²) in [6.45, 7) is 1.04. The molecular weight excluding hydrogens is 322 g/mol. The molecule has 1 aliphatic rings. The van der Waals surface area contributed by atoms with Crippen molar-refractivity contribution in [1.29, 1.82) is 0 Å². The summed E-state index contributed by atoms with van der Waals surface area (Å²) >= 11 is 0. The average Bonchev–Trinajstić information content (AvgIpc) is 2.43. The monoisotopic (exact) mass is 334 g/mol. The molecule has 4 atom stereocenters. The number of hydrogen-bond acceptors (Lipinski definition) is 7. The molecule has 13 heteroatoms. The molecule has 1 unspecified atom stereocenters. The van der Waals surface area contributed by atoms with Gasteiger partial charge >= 0.3 is 17.9 Å². The number of carbonyl (C=O) groups excluding carboxylic acids is 2. The van der Waals surface area contributed by atoms with Gasteiger partial charge in [-0.15, -0.1) is 0 Å². The highest BCUT2D eigenvalue weighted by Crippen LogP contribution is 2.38. The zero-order chi connectivity index (χ0) is 17.6. The Kier molecular flexibility index (Phi) is 6.08. The molecule has 0 aliphatic carbocycles. The van der Waals surface area contributed by atoms with Crippen LogP contribution in [0.4, 0.5) is 8.78 Å². The van der Waals surface area contributed by atoms with E-state index in [0.717, 1.165) is 13.8 Å². The number of nitrogens with zero attached hydrogens (tertiary/aromatic N) is 6. The van der Waals surface area contributed by atoms with E-state index in [-0.39, 0.29) is 0 Å². The standard InChI is InChI=1S/C10H12F2N6O5/c1-4(19)21-8-7(16-18-14)9(22-5(2)20)23-6(3-15-17-13)10(8,11)12/h6-9H,3H2,1-2H3/t6-,7-,8-,9?/m1/s1. The predicted octanol–water partition coefficient (Wildman–Crippen LogP) is 1.83. The van der Waals surface area contributed by atoms with Gasteiger partial charge in [-0.3, -0.25) is 9.59 Å². The molecule has 0 saturated carbocycles. The average molecular weight is 334 g/mol. The van der Waals surface area contributed by atoms with Crippen molar-refractivity contribution in [2.24, 2.45) is 10.2 Å². The van der Waals surface area contributed by atoms with Gasteiger partial charge in [0.2, 0.25) is 6.29 Å². The van der Waals surface area contributed by atoms with E-state index in [9.17, 15) is 18.4 Å². The summed E-state index contributed by atoms with van der Waals surface area (Å²) in [5.74, 6) is -5.82. The van der Waals surface area contributed by atoms with Crippen LogP contribution in [0.25, 0.3) is 20.9 Å². The van der Waals surface area contributed by atoms with E-state index in [2.05, 4.69) is 29.5 Å². The second-order valence-electron chi connectivity index (χ2n) is 4.42. The third kappa shape index (κ3) is 4.42. The van der Waals surface area contributed by atoms with Crippen LogP contribution in [-0.4, -0.2) is 48.9 Å². The molecule has 1 aliphatic heterocycles. The molecule has 1 heterocycles. The Morgan fingerprint density at radius 3 is 2.30 bits per heavy atom. The van der Waals surface area contributed by atoms with Gasteiger partial charge in [0.25, 0.3) is 0 Å². The van der Waals surface area contributed by atoms with Crippen molar-refractivity contribution in [1.82, 2.24) is 0 Å². The fourth-order valence-corrected chi connectivity index (χ4v) is 1.92. The maximum absolute atomic E-state index is 14.4. The van der Waals surface area contributed by atoms with Crippen LogP contribution in [0.1, 0.15) is 13.8 Å². The number of rotatable bonds is 5. The van der Waals surface area contributed by atoms with Gasteiger partial charge in [-0.25, -0.2) is 0 Å². The molecule has 11 nitrogen and oxygen atoms in total. The van der Waals surface area contributed by atoms with Crippen molar-refractivity contribution in [2.75, 3.05) is 6.54 Å². The Hall–Kier alpha value is -2.62. The van der Waals surface area contributed by atoms with Crippen molar-refractivity contribution >= 4 is 11.9 Å². The van der Waals surface area contributed by atoms with Crippen molar-refractivity contribution in [3.8, 4) is 0 Å². The number of alkyl halides is 2. The summed E-state index contributed by atoms with van der Waals surface area (Å²) in [6, 6.07) is -1.81. The molecule has 126 valence electrons. The van der Waals surface area contributed by atoms with Gasteiger partial charge in [0.1, 0.15) is 12.1 Å². The van der Waals surface area contributed by atoms with Crippen LogP contribution in [0.15, 0.2) is 10.2 Å². The Morgan fingerprint density at radius 2 is 1.83 bits per heavy atom. The number of carbonyl (C=O) groups is 2. The minimum atomic E-state index is -3.85. The van der Waals surface area contributed by atoms with Crippen molar-refractivity contribution in [3.05, 3.63) is 20.9 Å². The van der Waals surface area contributed by atoms with E-state index in [1.807, 2.05) is 0 Å². The maximum Gasteiger partial charge on any atom is 0.310 e. The number of ether oxygens (including phenoxy) is 3. The highest BCUT2D eigenvalue weighted by molar-refractivity contribution is 5.67. The van der Waals surface area contributed by atoms with E-state index < -0.39 is 48.9 Å². The summed E-state index contributed by atoms with van der Waals surface area (Å²) in [5, 5.41) is 6.06. The summed E-state index contributed by atoms with van der Waals surface area (Å²) in [4.78, 5) is 26.8. The van der Waals surface area contributed by atoms with E-state index in [1.165, 1.54) is 0 Å². The lowest BCUT2D eigenvalue weighted by Gasteiger charge is -2.43. The SMILES string of the molecule is CC(=O)OC1O[C@H](CN=[N+]=[N-])C(F)(F)[C@H](OC(C)=O)[C@H]1N=[N+]=[N-]. The van der Waals surface area contributed by atoms with Crippen molar-refractivity contribution in [3.63, 3.8) is 0 Å². The minimum absolute atomic E-state index is 0.817. The zero-order valence-corrected chi connectivity index (χ0v) is 12.0. The smallest absolute Gasteiger partial charge is 0.310 e. The number of esters is 2. The first kappa shape index (κ1) is 18.4. The fraction of sp³-hybridized carbons (Fsp3) is 0.800. The topological polar surface area (TPSA) is 159 Å². The third-order valence-corrected chi connectivity index (χ3v) is 2.77. The number of hydrogen-bond donors (Lipinski definition) is 0. The molecule has 0 spiro atoms. The zero-order valence-electron chi connectivity index (χ0n) is 12.0. The van der Waals surface area contributed by atoms with Crippen molar-refractivity contribution in [2.45, 2.75) is 44.3 Å². The van der Waals surface area contributed by atoms with E-state index >= 15 is 0 Å². The summed E-state index contributed by atoms with van der Waals surface area (Å²) < 4.78 is 42.9. The number of azide groups is 2. The van der Waals surface area contributed by atoms with Gasteiger partial charge in [0.05, 0.1) is 6.54 Å². The molecule has 0 amide bonds. The summed E-state index contributed by atoms with van der Waals surface area (Å²) in [5.41, 5.74) is 16.8. The second kappa shape index (κ2) is 7.58. The van der Waals surface area contributed by atoms with Gasteiger partial charge < -0.3 is 14.2 Å². The Bertz CT molecular complexity index is 574. The Labute approximate surface area is 127 Å². The number of halogens is 2. The van der Waals surface area contributed by atoms with Crippen LogP contribution >= 0.6 is 0 Å². The lowest BCUT2D eigenvalue weighted by atomic mass is 9.95. The van der Waals surface area contributed by atoms with Gasteiger partial charge in [-0.2, -0.15) is 8.78 Å². The second-order valence-corrected chi connectivity index (χ2v) is 4.42. The van der Waals surface area contributed by atoms with Gasteiger partial charge in [0.15, 0.2) is 6.10 Å². The van der Waals surface area contributed by atoms with E-state index in [1.54, 1.807) is 0 Å². The Morgan fingerprint density at radius 1 is 1.22 bits per heavy atom. The first-order chi connectivity index (χ1) is 10.7. The minimum Gasteiger partial charge on any atom is -0.455 e. The first-order valence-corrected chi connectivity index (χ1v) is 6.16. The molecular formula is C10H12F2N6O5. The van der Waals surface area contributed by atoms with Crippen LogP contribution in [0.3, 0.4) is 0 Å². The van der Waals surface area contributed by atoms with Gasteiger partial charge in [-0.1, -0.05) is 10.2 Å². The molecule has 1 fully saturated rings. The van der Waals surface area contributed by atoms with Crippen LogP contribution < -0.4 is 0 Å². The fourth-order valence-electron chi connectivity index (χ4n) is 1.92. The lowest BCUT2D eigenvalue weighted by Crippen LogP contribution is -2.63. The molecule has 1 rings (SSSR count).